The molecule has 120 valence electrons. The number of halogens is 1. The zero-order valence-corrected chi connectivity index (χ0v) is 13.9. The number of hydrogen-bond acceptors (Lipinski definition) is 6. The van der Waals surface area contributed by atoms with Gasteiger partial charge in [0.2, 0.25) is 0 Å². The molecule has 0 atom stereocenters. The summed E-state index contributed by atoms with van der Waals surface area (Å²) in [5.41, 5.74) is 6.95. The van der Waals surface area contributed by atoms with Gasteiger partial charge < -0.3 is 10.5 Å². The average molecular weight is 353 g/mol. The van der Waals surface area contributed by atoms with E-state index in [-0.39, 0.29) is 15.9 Å². The maximum Gasteiger partial charge on any atom is 0.175 e. The van der Waals surface area contributed by atoms with E-state index in [9.17, 15) is 8.42 Å². The molecule has 0 radical (unpaired) electrons. The van der Waals surface area contributed by atoms with Crippen LogP contribution in [0.5, 0.6) is 5.75 Å². The van der Waals surface area contributed by atoms with Crippen molar-refractivity contribution in [3.05, 3.63) is 35.6 Å². The van der Waals surface area contributed by atoms with Crippen LogP contribution >= 0.6 is 11.6 Å². The standard InChI is InChI=1S/C14H13ClN4O3S/c1-22-12-4-3-8(23(2,20)21)5-11(12)19-10-6-13(15)17-7-9(10)14(16)18-19/h3-7H,1-2H3,(H2,16,18). The predicted octanol–water partition coefficient (Wildman–Crippen LogP) is 2.07. The predicted molar refractivity (Wildman–Crippen MR) is 87.9 cm³/mol. The lowest BCUT2D eigenvalue weighted by Crippen LogP contribution is -2.04. The molecule has 0 unspecified atom stereocenters. The maximum atomic E-state index is 11.8. The van der Waals surface area contributed by atoms with Gasteiger partial charge in [-0.15, -0.1) is 5.10 Å². The van der Waals surface area contributed by atoms with Crippen molar-refractivity contribution in [2.24, 2.45) is 0 Å². The van der Waals surface area contributed by atoms with Crippen LogP contribution in [0.3, 0.4) is 0 Å². The minimum atomic E-state index is -3.38. The highest BCUT2D eigenvalue weighted by Crippen LogP contribution is 2.31. The van der Waals surface area contributed by atoms with E-state index in [1.807, 2.05) is 0 Å². The SMILES string of the molecule is COc1ccc(S(C)(=O)=O)cc1-n1nc(N)c2cnc(Cl)cc21. The first kappa shape index (κ1) is 15.6. The Morgan fingerprint density at radius 2 is 2.04 bits per heavy atom. The van der Waals surface area contributed by atoms with Gasteiger partial charge in [-0.25, -0.2) is 18.1 Å². The molecule has 2 heterocycles. The minimum Gasteiger partial charge on any atom is -0.494 e. The quantitative estimate of drug-likeness (QED) is 0.724. The number of ether oxygens (including phenoxy) is 1. The molecule has 9 heteroatoms. The highest BCUT2D eigenvalue weighted by Gasteiger charge is 2.17. The molecule has 23 heavy (non-hydrogen) atoms. The lowest BCUT2D eigenvalue weighted by Gasteiger charge is -2.11. The van der Waals surface area contributed by atoms with Crippen LogP contribution in [0.25, 0.3) is 16.6 Å². The van der Waals surface area contributed by atoms with Gasteiger partial charge in [0.05, 0.1) is 22.9 Å². The molecule has 0 spiro atoms. The molecule has 0 aliphatic carbocycles. The van der Waals surface area contributed by atoms with E-state index in [1.165, 1.54) is 30.1 Å². The van der Waals surface area contributed by atoms with Crippen molar-refractivity contribution in [2.75, 3.05) is 19.1 Å². The first-order valence-corrected chi connectivity index (χ1v) is 8.76. The summed E-state index contributed by atoms with van der Waals surface area (Å²) in [6.07, 6.45) is 2.65. The third-order valence-electron chi connectivity index (χ3n) is 3.37. The van der Waals surface area contributed by atoms with E-state index in [2.05, 4.69) is 10.1 Å². The van der Waals surface area contributed by atoms with Crippen molar-refractivity contribution in [1.29, 1.82) is 0 Å². The summed E-state index contributed by atoms with van der Waals surface area (Å²) in [5.74, 6) is 0.714. The van der Waals surface area contributed by atoms with Gasteiger partial charge in [0.15, 0.2) is 15.7 Å². The second kappa shape index (κ2) is 5.39. The van der Waals surface area contributed by atoms with E-state index in [0.717, 1.165) is 6.26 Å². The first-order chi connectivity index (χ1) is 10.8. The minimum absolute atomic E-state index is 0.149. The van der Waals surface area contributed by atoms with E-state index >= 15 is 0 Å². The van der Waals surface area contributed by atoms with Gasteiger partial charge >= 0.3 is 0 Å². The number of nitrogens with two attached hydrogens (primary N) is 1. The van der Waals surface area contributed by atoms with Crippen LogP contribution in [-0.4, -0.2) is 36.5 Å². The Labute approximate surface area is 137 Å². The number of nitrogens with zero attached hydrogens (tertiary/aromatic N) is 3. The third-order valence-corrected chi connectivity index (χ3v) is 4.68. The Kier molecular flexibility index (Phi) is 3.65. The van der Waals surface area contributed by atoms with Gasteiger partial charge in [-0.3, -0.25) is 0 Å². The summed E-state index contributed by atoms with van der Waals surface area (Å²) in [6.45, 7) is 0. The van der Waals surface area contributed by atoms with E-state index < -0.39 is 9.84 Å². The molecule has 7 nitrogen and oxygen atoms in total. The van der Waals surface area contributed by atoms with E-state index in [0.29, 0.717) is 22.3 Å². The van der Waals surface area contributed by atoms with Crippen molar-refractivity contribution in [3.63, 3.8) is 0 Å². The van der Waals surface area contributed by atoms with Crippen LogP contribution < -0.4 is 10.5 Å². The number of aromatic nitrogens is 3. The molecule has 0 bridgehead atoms. The van der Waals surface area contributed by atoms with Gasteiger partial charge in [-0.2, -0.15) is 0 Å². The fraction of sp³-hybridized carbons (Fsp3) is 0.143. The number of sulfone groups is 1. The molecule has 0 aliphatic rings. The average Bonchev–Trinajstić information content (AvgIpc) is 2.82. The third kappa shape index (κ3) is 2.71. The van der Waals surface area contributed by atoms with Crippen LogP contribution in [0, 0.1) is 0 Å². The smallest absolute Gasteiger partial charge is 0.175 e. The zero-order chi connectivity index (χ0) is 16.8. The van der Waals surface area contributed by atoms with Crippen molar-refractivity contribution in [3.8, 4) is 11.4 Å². The van der Waals surface area contributed by atoms with Gasteiger partial charge in [-0.1, -0.05) is 11.6 Å². The number of pyridine rings is 1. The highest BCUT2D eigenvalue weighted by molar-refractivity contribution is 7.90. The number of hydrogen-bond donors (Lipinski definition) is 1. The molecule has 1 aromatic carbocycles. The Morgan fingerprint density at radius 1 is 1.30 bits per heavy atom. The molecule has 2 N–H and O–H groups in total. The molecule has 0 amide bonds. The molecule has 3 rings (SSSR count). The first-order valence-electron chi connectivity index (χ1n) is 6.49. The maximum absolute atomic E-state index is 11.8. The Morgan fingerprint density at radius 3 is 2.70 bits per heavy atom. The van der Waals surface area contributed by atoms with E-state index in [1.54, 1.807) is 12.1 Å². The summed E-state index contributed by atoms with van der Waals surface area (Å²) >= 11 is 5.94. The Bertz CT molecular complexity index is 1010. The summed E-state index contributed by atoms with van der Waals surface area (Å²) in [6, 6.07) is 6.13. The van der Waals surface area contributed by atoms with Crippen LogP contribution in [-0.2, 0) is 9.84 Å². The fourth-order valence-electron chi connectivity index (χ4n) is 2.26. The topological polar surface area (TPSA) is 100 Å². The monoisotopic (exact) mass is 352 g/mol. The Hall–Kier alpha value is -2.32. The van der Waals surface area contributed by atoms with Crippen molar-refractivity contribution < 1.29 is 13.2 Å². The lowest BCUT2D eigenvalue weighted by molar-refractivity contribution is 0.411. The summed E-state index contributed by atoms with van der Waals surface area (Å²) in [4.78, 5) is 4.13. The highest BCUT2D eigenvalue weighted by atomic mass is 35.5. The van der Waals surface area contributed by atoms with Crippen molar-refractivity contribution >= 4 is 38.2 Å². The van der Waals surface area contributed by atoms with Gasteiger partial charge in [-0.05, 0) is 18.2 Å². The summed E-state index contributed by atoms with van der Waals surface area (Å²) in [7, 11) is -1.89. The number of benzene rings is 1. The largest absolute Gasteiger partial charge is 0.494 e. The zero-order valence-electron chi connectivity index (χ0n) is 12.3. The lowest BCUT2D eigenvalue weighted by atomic mass is 10.2. The normalized spacial score (nSPS) is 11.8. The molecule has 3 aromatic rings. The van der Waals surface area contributed by atoms with Gasteiger partial charge in [0.1, 0.15) is 16.6 Å². The number of anilines is 1. The number of rotatable bonds is 3. The number of fused-ring (bicyclic) bond motifs is 1. The molecular weight excluding hydrogens is 340 g/mol. The van der Waals surface area contributed by atoms with Crippen LogP contribution in [0.15, 0.2) is 35.4 Å². The van der Waals surface area contributed by atoms with Crippen molar-refractivity contribution in [1.82, 2.24) is 14.8 Å². The summed E-state index contributed by atoms with van der Waals surface area (Å²) in [5, 5.41) is 5.14. The fourth-order valence-corrected chi connectivity index (χ4v) is 3.05. The second-order valence-electron chi connectivity index (χ2n) is 4.93. The molecular formula is C14H13ClN4O3S. The molecule has 2 aromatic heterocycles. The molecule has 0 saturated carbocycles. The van der Waals surface area contributed by atoms with Crippen LogP contribution in [0.1, 0.15) is 0 Å². The van der Waals surface area contributed by atoms with Gasteiger partial charge in [0.25, 0.3) is 0 Å². The van der Waals surface area contributed by atoms with Crippen molar-refractivity contribution in [2.45, 2.75) is 4.90 Å². The van der Waals surface area contributed by atoms with Gasteiger partial charge in [0, 0.05) is 18.5 Å². The number of methoxy groups -OCH3 is 1. The van der Waals surface area contributed by atoms with Crippen LogP contribution in [0.4, 0.5) is 5.82 Å². The summed E-state index contributed by atoms with van der Waals surface area (Å²) < 4.78 is 30.4. The van der Waals surface area contributed by atoms with Crippen LogP contribution in [0.2, 0.25) is 5.15 Å². The number of nitrogen functional groups attached to an aromatic ring is 1. The molecule has 0 fully saturated rings. The second-order valence-corrected chi connectivity index (χ2v) is 7.33. The molecule has 0 aliphatic heterocycles. The van der Waals surface area contributed by atoms with E-state index in [4.69, 9.17) is 22.1 Å². The molecule has 0 saturated heterocycles. The Balaban J connectivity index is 2.36.